The van der Waals surface area contributed by atoms with Crippen LogP contribution < -0.4 is 10.1 Å². The average Bonchev–Trinajstić information content (AvgIpc) is 3.27. The van der Waals surface area contributed by atoms with Gasteiger partial charge in [0.1, 0.15) is 11.6 Å². The molecule has 4 aromatic rings. The van der Waals surface area contributed by atoms with Gasteiger partial charge in [-0.25, -0.2) is 4.39 Å². The molecule has 0 radical (unpaired) electrons. The number of hydrogen-bond acceptors (Lipinski definition) is 6. The highest BCUT2D eigenvalue weighted by molar-refractivity contribution is 5.94. The van der Waals surface area contributed by atoms with E-state index < -0.39 is 0 Å². The molecule has 7 nitrogen and oxygen atoms in total. The van der Waals surface area contributed by atoms with E-state index >= 15 is 0 Å². The van der Waals surface area contributed by atoms with Crippen molar-refractivity contribution in [1.82, 2.24) is 19.7 Å². The van der Waals surface area contributed by atoms with Gasteiger partial charge in [-0.1, -0.05) is 24.3 Å². The van der Waals surface area contributed by atoms with Gasteiger partial charge >= 0.3 is 0 Å². The third kappa shape index (κ3) is 5.04. The molecule has 0 bridgehead atoms. The molecule has 2 heterocycles. The first-order chi connectivity index (χ1) is 15.6. The number of methoxy groups -OCH3 is 1. The Kier molecular flexibility index (Phi) is 6.31. The predicted molar refractivity (Wildman–Crippen MR) is 120 cm³/mol. The van der Waals surface area contributed by atoms with Crippen molar-refractivity contribution in [1.29, 1.82) is 0 Å². The van der Waals surface area contributed by atoms with Crippen LogP contribution in [0.5, 0.6) is 5.75 Å². The van der Waals surface area contributed by atoms with E-state index in [0.717, 1.165) is 16.9 Å². The molecule has 0 aliphatic rings. The van der Waals surface area contributed by atoms with Crippen LogP contribution in [0.1, 0.15) is 15.9 Å². The highest BCUT2D eigenvalue weighted by atomic mass is 19.1. The fraction of sp³-hybridized carbons (Fsp3) is 0.0833. The van der Waals surface area contributed by atoms with Gasteiger partial charge in [0.15, 0.2) is 5.82 Å². The van der Waals surface area contributed by atoms with Gasteiger partial charge in [0.25, 0.3) is 5.91 Å². The van der Waals surface area contributed by atoms with Gasteiger partial charge in [0.2, 0.25) is 5.95 Å². The summed E-state index contributed by atoms with van der Waals surface area (Å²) in [5, 5.41) is 7.48. The van der Waals surface area contributed by atoms with Crippen LogP contribution in [0.4, 0.5) is 10.3 Å². The van der Waals surface area contributed by atoms with Crippen LogP contribution in [0.15, 0.2) is 79.1 Å². The summed E-state index contributed by atoms with van der Waals surface area (Å²) in [5.74, 6) is 0.696. The van der Waals surface area contributed by atoms with E-state index in [0.29, 0.717) is 17.9 Å². The Bertz CT molecular complexity index is 1220. The number of anilines is 1. The third-order valence-electron chi connectivity index (χ3n) is 4.63. The number of nitrogens with one attached hydrogen (secondary N) is 1. The molecule has 0 fully saturated rings. The first-order valence-electron chi connectivity index (χ1n) is 9.84. The quantitative estimate of drug-likeness (QED) is 0.437. The molecule has 1 N–H and O–H groups in total. The number of carbonyl (C=O) groups is 1. The maximum Gasteiger partial charge on any atom is 0.274 e. The Morgan fingerprint density at radius 1 is 1.12 bits per heavy atom. The first-order valence-corrected chi connectivity index (χ1v) is 9.84. The second-order valence-corrected chi connectivity index (χ2v) is 6.84. The molecule has 0 aliphatic carbocycles. The van der Waals surface area contributed by atoms with Crippen molar-refractivity contribution in [2.45, 2.75) is 6.54 Å². The van der Waals surface area contributed by atoms with Crippen molar-refractivity contribution in [3.05, 3.63) is 96.1 Å². The molecular weight excluding hydrogens is 409 g/mol. The monoisotopic (exact) mass is 429 g/mol. The number of ether oxygens (including phenoxy) is 1. The first kappa shape index (κ1) is 20.9. The molecule has 32 heavy (non-hydrogen) atoms. The fourth-order valence-corrected chi connectivity index (χ4v) is 2.93. The molecule has 160 valence electrons. The summed E-state index contributed by atoms with van der Waals surface area (Å²) in [4.78, 5) is 21.5. The molecule has 2 aromatic carbocycles. The van der Waals surface area contributed by atoms with Gasteiger partial charge in [0, 0.05) is 30.6 Å². The lowest BCUT2D eigenvalue weighted by molar-refractivity contribution is 0.0957. The average molecular weight is 429 g/mol. The number of benzene rings is 2. The molecule has 0 amide bonds. The van der Waals surface area contributed by atoms with Crippen LogP contribution in [0.3, 0.4) is 0 Å². The number of aromatic nitrogens is 4. The SMILES string of the molecule is COc1ccc(/C=C/C(=O)n2nc(-c3cccnc3)nc2NCc2ccc(F)cc2)cc1. The van der Waals surface area contributed by atoms with Crippen molar-refractivity contribution in [3.8, 4) is 17.1 Å². The number of rotatable bonds is 7. The number of carbonyl (C=O) groups excluding carboxylic acids is 1. The minimum Gasteiger partial charge on any atom is -0.497 e. The molecule has 0 aliphatic heterocycles. The summed E-state index contributed by atoms with van der Waals surface area (Å²) in [7, 11) is 1.60. The molecule has 0 saturated heterocycles. The fourth-order valence-electron chi connectivity index (χ4n) is 2.93. The molecule has 0 spiro atoms. The number of pyridine rings is 1. The number of nitrogens with zero attached hydrogens (tertiary/aromatic N) is 4. The van der Waals surface area contributed by atoms with Gasteiger partial charge in [-0.3, -0.25) is 9.78 Å². The Labute approximate surface area is 184 Å². The van der Waals surface area contributed by atoms with Gasteiger partial charge in [-0.15, -0.1) is 5.10 Å². The van der Waals surface area contributed by atoms with Gasteiger partial charge < -0.3 is 10.1 Å². The van der Waals surface area contributed by atoms with E-state index in [2.05, 4.69) is 20.4 Å². The molecule has 2 aromatic heterocycles. The Balaban J connectivity index is 1.59. The number of halogens is 1. The van der Waals surface area contributed by atoms with Crippen LogP contribution in [0, 0.1) is 5.82 Å². The van der Waals surface area contributed by atoms with Crippen molar-refractivity contribution in [2.75, 3.05) is 12.4 Å². The number of allylic oxidation sites excluding steroid dienone is 1. The lowest BCUT2D eigenvalue weighted by Crippen LogP contribution is -2.14. The van der Waals surface area contributed by atoms with E-state index in [9.17, 15) is 9.18 Å². The minimum absolute atomic E-state index is 0.276. The van der Waals surface area contributed by atoms with Crippen LogP contribution in [-0.4, -0.2) is 32.8 Å². The van der Waals surface area contributed by atoms with E-state index in [-0.39, 0.29) is 17.7 Å². The predicted octanol–water partition coefficient (Wildman–Crippen LogP) is 4.45. The van der Waals surface area contributed by atoms with E-state index in [1.54, 1.807) is 43.8 Å². The lowest BCUT2D eigenvalue weighted by atomic mass is 10.2. The highest BCUT2D eigenvalue weighted by Crippen LogP contribution is 2.18. The lowest BCUT2D eigenvalue weighted by Gasteiger charge is -2.06. The summed E-state index contributed by atoms with van der Waals surface area (Å²) in [5.41, 5.74) is 2.36. The van der Waals surface area contributed by atoms with Crippen molar-refractivity contribution >= 4 is 17.9 Å². The zero-order valence-electron chi connectivity index (χ0n) is 17.3. The maximum absolute atomic E-state index is 13.2. The largest absolute Gasteiger partial charge is 0.497 e. The van der Waals surface area contributed by atoms with E-state index in [1.807, 2.05) is 30.3 Å². The molecule has 8 heteroatoms. The molecular formula is C24H20FN5O2. The Morgan fingerprint density at radius 3 is 2.59 bits per heavy atom. The molecule has 0 unspecified atom stereocenters. The Hall–Kier alpha value is -4.33. The summed E-state index contributed by atoms with van der Waals surface area (Å²) >= 11 is 0. The second kappa shape index (κ2) is 9.65. The maximum atomic E-state index is 13.2. The zero-order chi connectivity index (χ0) is 22.3. The molecule has 0 atom stereocenters. The zero-order valence-corrected chi connectivity index (χ0v) is 17.3. The smallest absolute Gasteiger partial charge is 0.274 e. The summed E-state index contributed by atoms with van der Waals surface area (Å²) in [6.45, 7) is 0.348. The molecule has 0 saturated carbocycles. The topological polar surface area (TPSA) is 81.9 Å². The Morgan fingerprint density at radius 2 is 1.91 bits per heavy atom. The highest BCUT2D eigenvalue weighted by Gasteiger charge is 2.16. The van der Waals surface area contributed by atoms with E-state index in [4.69, 9.17) is 4.74 Å². The van der Waals surface area contributed by atoms with Gasteiger partial charge in [-0.05, 0) is 53.6 Å². The van der Waals surface area contributed by atoms with Crippen molar-refractivity contribution in [3.63, 3.8) is 0 Å². The van der Waals surface area contributed by atoms with Crippen molar-refractivity contribution < 1.29 is 13.9 Å². The summed E-state index contributed by atoms with van der Waals surface area (Å²) in [6, 6.07) is 17.0. The summed E-state index contributed by atoms with van der Waals surface area (Å²) in [6.07, 6.45) is 6.39. The standard InChI is InChI=1S/C24H20FN5O2/c1-32-21-11-6-17(7-12-21)8-13-22(31)30-24(27-15-18-4-9-20(25)10-5-18)28-23(29-30)19-3-2-14-26-16-19/h2-14,16H,15H2,1H3,(H,27,28,29)/b13-8+. The van der Waals surface area contributed by atoms with Gasteiger partial charge in [0.05, 0.1) is 7.11 Å². The number of hydrogen-bond donors (Lipinski definition) is 1. The van der Waals surface area contributed by atoms with E-state index in [1.165, 1.54) is 22.9 Å². The van der Waals surface area contributed by atoms with Crippen LogP contribution in [0.2, 0.25) is 0 Å². The van der Waals surface area contributed by atoms with Crippen molar-refractivity contribution in [2.24, 2.45) is 0 Å². The van der Waals surface area contributed by atoms with Crippen LogP contribution in [-0.2, 0) is 6.54 Å². The summed E-state index contributed by atoms with van der Waals surface area (Å²) < 4.78 is 19.5. The normalized spacial score (nSPS) is 10.9. The van der Waals surface area contributed by atoms with Gasteiger partial charge in [-0.2, -0.15) is 9.67 Å². The third-order valence-corrected chi connectivity index (χ3v) is 4.63. The second-order valence-electron chi connectivity index (χ2n) is 6.84. The van der Waals surface area contributed by atoms with Crippen LogP contribution >= 0.6 is 0 Å². The minimum atomic E-state index is -0.370. The molecule has 4 rings (SSSR count). The van der Waals surface area contributed by atoms with Crippen LogP contribution in [0.25, 0.3) is 17.5 Å².